The standard InChI is InChI=1S/C15H30N2O/c1-4-11-16-15(18)13(3)17-12(2)14-9-7-5-6-8-10-14/h12-14,17H,4-11H2,1-3H3,(H,16,18)/t12-,13?/m0/s1. The van der Waals surface area contributed by atoms with Gasteiger partial charge in [0.1, 0.15) is 0 Å². The van der Waals surface area contributed by atoms with E-state index in [-0.39, 0.29) is 11.9 Å². The summed E-state index contributed by atoms with van der Waals surface area (Å²) < 4.78 is 0. The Labute approximate surface area is 112 Å². The van der Waals surface area contributed by atoms with Crippen molar-refractivity contribution in [1.82, 2.24) is 10.6 Å². The first-order chi connectivity index (χ1) is 8.65. The normalized spacial score (nSPS) is 21.1. The minimum Gasteiger partial charge on any atom is -0.355 e. The van der Waals surface area contributed by atoms with Crippen LogP contribution in [-0.2, 0) is 4.79 Å². The van der Waals surface area contributed by atoms with Crippen LogP contribution in [-0.4, -0.2) is 24.5 Å². The molecule has 0 radical (unpaired) electrons. The molecular weight excluding hydrogens is 224 g/mol. The third-order valence-electron chi connectivity index (χ3n) is 4.06. The molecule has 0 aliphatic heterocycles. The number of nitrogens with one attached hydrogen (secondary N) is 2. The number of carbonyl (C=O) groups excluding carboxylic acids is 1. The van der Waals surface area contributed by atoms with E-state index in [2.05, 4.69) is 24.5 Å². The molecule has 2 N–H and O–H groups in total. The molecule has 0 spiro atoms. The maximum Gasteiger partial charge on any atom is 0.236 e. The summed E-state index contributed by atoms with van der Waals surface area (Å²) in [7, 11) is 0. The topological polar surface area (TPSA) is 41.1 Å². The highest BCUT2D eigenvalue weighted by Gasteiger charge is 2.22. The van der Waals surface area contributed by atoms with E-state index in [0.717, 1.165) is 18.9 Å². The van der Waals surface area contributed by atoms with E-state index in [1.54, 1.807) is 0 Å². The summed E-state index contributed by atoms with van der Waals surface area (Å²) >= 11 is 0. The highest BCUT2D eigenvalue weighted by Crippen LogP contribution is 2.25. The molecule has 18 heavy (non-hydrogen) atoms. The van der Waals surface area contributed by atoms with Gasteiger partial charge in [0, 0.05) is 12.6 Å². The van der Waals surface area contributed by atoms with E-state index in [1.165, 1.54) is 38.5 Å². The van der Waals surface area contributed by atoms with Gasteiger partial charge >= 0.3 is 0 Å². The average molecular weight is 254 g/mol. The lowest BCUT2D eigenvalue weighted by Crippen LogP contribution is -2.48. The molecule has 0 bridgehead atoms. The summed E-state index contributed by atoms with van der Waals surface area (Å²) in [6, 6.07) is 0.375. The second-order valence-electron chi connectivity index (χ2n) is 5.72. The van der Waals surface area contributed by atoms with E-state index >= 15 is 0 Å². The summed E-state index contributed by atoms with van der Waals surface area (Å²) in [5.41, 5.74) is 0. The van der Waals surface area contributed by atoms with Gasteiger partial charge in [-0.3, -0.25) is 4.79 Å². The molecule has 106 valence electrons. The largest absolute Gasteiger partial charge is 0.355 e. The summed E-state index contributed by atoms with van der Waals surface area (Å²) in [6.45, 7) is 7.06. The minimum absolute atomic E-state index is 0.0743. The van der Waals surface area contributed by atoms with Gasteiger partial charge in [0.15, 0.2) is 0 Å². The van der Waals surface area contributed by atoms with Crippen molar-refractivity contribution in [3.8, 4) is 0 Å². The second-order valence-corrected chi connectivity index (χ2v) is 5.72. The highest BCUT2D eigenvalue weighted by molar-refractivity contribution is 5.81. The number of hydrogen-bond acceptors (Lipinski definition) is 2. The first-order valence-electron chi connectivity index (χ1n) is 7.69. The molecule has 1 aliphatic carbocycles. The predicted molar refractivity (Wildman–Crippen MR) is 76.6 cm³/mol. The Balaban J connectivity index is 2.32. The molecule has 0 aromatic carbocycles. The summed E-state index contributed by atoms with van der Waals surface area (Å²) in [5, 5.41) is 6.43. The van der Waals surface area contributed by atoms with Crippen molar-refractivity contribution < 1.29 is 4.79 Å². The van der Waals surface area contributed by atoms with Crippen LogP contribution >= 0.6 is 0 Å². The molecule has 0 heterocycles. The zero-order chi connectivity index (χ0) is 13.4. The van der Waals surface area contributed by atoms with Crippen molar-refractivity contribution in [3.05, 3.63) is 0 Å². The fourth-order valence-corrected chi connectivity index (χ4v) is 2.82. The van der Waals surface area contributed by atoms with Crippen LogP contribution < -0.4 is 10.6 Å². The van der Waals surface area contributed by atoms with Gasteiger partial charge in [0.2, 0.25) is 5.91 Å². The van der Waals surface area contributed by atoms with E-state index in [1.807, 2.05) is 6.92 Å². The van der Waals surface area contributed by atoms with Crippen LogP contribution in [0.4, 0.5) is 0 Å². The fraction of sp³-hybridized carbons (Fsp3) is 0.933. The molecule has 0 saturated heterocycles. The number of carbonyl (C=O) groups is 1. The second kappa shape index (κ2) is 8.52. The summed E-state index contributed by atoms with van der Waals surface area (Å²) in [5.74, 6) is 0.881. The van der Waals surface area contributed by atoms with E-state index in [0.29, 0.717) is 6.04 Å². The van der Waals surface area contributed by atoms with Gasteiger partial charge in [0.05, 0.1) is 6.04 Å². The molecule has 1 saturated carbocycles. The number of rotatable bonds is 6. The SMILES string of the molecule is CCCNC(=O)C(C)N[C@@H](C)C1CCCCCC1. The fourth-order valence-electron chi connectivity index (χ4n) is 2.82. The third kappa shape index (κ3) is 5.38. The van der Waals surface area contributed by atoms with Crippen molar-refractivity contribution in [2.75, 3.05) is 6.54 Å². The molecule has 1 unspecified atom stereocenters. The number of amides is 1. The van der Waals surface area contributed by atoms with Crippen LogP contribution in [0.1, 0.15) is 65.7 Å². The Morgan fingerprint density at radius 1 is 1.17 bits per heavy atom. The third-order valence-corrected chi connectivity index (χ3v) is 4.06. The van der Waals surface area contributed by atoms with Gasteiger partial charge in [0.25, 0.3) is 0 Å². The zero-order valence-electron chi connectivity index (χ0n) is 12.3. The quantitative estimate of drug-likeness (QED) is 0.716. The number of hydrogen-bond donors (Lipinski definition) is 2. The Morgan fingerprint density at radius 3 is 2.33 bits per heavy atom. The van der Waals surface area contributed by atoms with Crippen LogP contribution in [0.2, 0.25) is 0 Å². The van der Waals surface area contributed by atoms with Crippen LogP contribution in [0.25, 0.3) is 0 Å². The lowest BCUT2D eigenvalue weighted by molar-refractivity contribution is -0.123. The molecule has 0 aromatic rings. The molecule has 1 rings (SSSR count). The minimum atomic E-state index is -0.0743. The van der Waals surface area contributed by atoms with Gasteiger partial charge in [-0.1, -0.05) is 32.6 Å². The van der Waals surface area contributed by atoms with Crippen molar-refractivity contribution in [3.63, 3.8) is 0 Å². The molecule has 2 atom stereocenters. The van der Waals surface area contributed by atoms with Crippen molar-refractivity contribution in [2.24, 2.45) is 5.92 Å². The maximum absolute atomic E-state index is 11.8. The molecule has 1 amide bonds. The van der Waals surface area contributed by atoms with Crippen molar-refractivity contribution in [1.29, 1.82) is 0 Å². The van der Waals surface area contributed by atoms with Crippen LogP contribution in [0.3, 0.4) is 0 Å². The smallest absolute Gasteiger partial charge is 0.236 e. The van der Waals surface area contributed by atoms with Gasteiger partial charge in [-0.2, -0.15) is 0 Å². The monoisotopic (exact) mass is 254 g/mol. The molecular formula is C15H30N2O. The molecule has 1 aliphatic rings. The first kappa shape index (κ1) is 15.5. The van der Waals surface area contributed by atoms with Crippen molar-refractivity contribution in [2.45, 2.75) is 77.8 Å². The van der Waals surface area contributed by atoms with E-state index in [9.17, 15) is 4.79 Å². The highest BCUT2D eigenvalue weighted by atomic mass is 16.2. The van der Waals surface area contributed by atoms with Crippen LogP contribution in [0, 0.1) is 5.92 Å². The molecule has 1 fully saturated rings. The van der Waals surface area contributed by atoms with Gasteiger partial charge in [-0.25, -0.2) is 0 Å². The zero-order valence-corrected chi connectivity index (χ0v) is 12.3. The molecule has 0 aromatic heterocycles. The summed E-state index contributed by atoms with van der Waals surface area (Å²) in [4.78, 5) is 11.8. The predicted octanol–water partition coefficient (Wildman–Crippen LogP) is 2.85. The maximum atomic E-state index is 11.8. The molecule has 3 nitrogen and oxygen atoms in total. The summed E-state index contributed by atoms with van der Waals surface area (Å²) in [6.07, 6.45) is 9.11. The van der Waals surface area contributed by atoms with Crippen LogP contribution in [0.15, 0.2) is 0 Å². The first-order valence-corrected chi connectivity index (χ1v) is 7.69. The lowest BCUT2D eigenvalue weighted by Gasteiger charge is -2.26. The van der Waals surface area contributed by atoms with Gasteiger partial charge in [-0.05, 0) is 39.0 Å². The Morgan fingerprint density at radius 2 is 1.78 bits per heavy atom. The van der Waals surface area contributed by atoms with Gasteiger partial charge in [-0.15, -0.1) is 0 Å². The van der Waals surface area contributed by atoms with Gasteiger partial charge < -0.3 is 10.6 Å². The van der Waals surface area contributed by atoms with Crippen molar-refractivity contribution >= 4 is 5.91 Å². The Kier molecular flexibility index (Phi) is 7.33. The average Bonchev–Trinajstić information content (AvgIpc) is 2.64. The molecule has 3 heteroatoms. The Bertz CT molecular complexity index is 235. The Hall–Kier alpha value is -0.570. The van der Waals surface area contributed by atoms with E-state index in [4.69, 9.17) is 0 Å². The lowest BCUT2D eigenvalue weighted by atomic mass is 9.92. The van der Waals surface area contributed by atoms with E-state index < -0.39 is 0 Å². The van der Waals surface area contributed by atoms with Crippen LogP contribution in [0.5, 0.6) is 0 Å².